The second-order valence-corrected chi connectivity index (χ2v) is 2.73. The molecule has 0 N–H and O–H groups in total. The molecule has 0 aliphatic heterocycles. The summed E-state index contributed by atoms with van der Waals surface area (Å²) >= 11 is 0. The average molecular weight is 154 g/mol. The maximum absolute atomic E-state index is 3.71. The molecule has 0 fully saturated rings. The molecule has 0 aromatic heterocycles. The van der Waals surface area contributed by atoms with Gasteiger partial charge in [0.15, 0.2) is 0 Å². The van der Waals surface area contributed by atoms with Gasteiger partial charge in [-0.3, -0.25) is 4.99 Å². The monoisotopic (exact) mass is 154 g/mol. The lowest BCUT2D eigenvalue weighted by atomic mass is 10.3. The van der Waals surface area contributed by atoms with Gasteiger partial charge in [-0.25, -0.2) is 0 Å². The van der Waals surface area contributed by atoms with Crippen molar-refractivity contribution in [2.45, 2.75) is 26.7 Å². The van der Waals surface area contributed by atoms with E-state index >= 15 is 0 Å². The fourth-order valence-corrected chi connectivity index (χ4v) is 0.802. The first kappa shape index (κ1) is 10.2. The van der Waals surface area contributed by atoms with Crippen LogP contribution in [-0.2, 0) is 0 Å². The van der Waals surface area contributed by atoms with E-state index < -0.39 is 0 Å². The Morgan fingerprint density at radius 3 is 2.73 bits per heavy atom. The highest BCUT2D eigenvalue weighted by Crippen LogP contribution is 2.01. The van der Waals surface area contributed by atoms with Crippen LogP contribution in [0.5, 0.6) is 0 Å². The quantitative estimate of drug-likeness (QED) is 0.555. The summed E-state index contributed by atoms with van der Waals surface area (Å²) in [6.07, 6.45) is 4.26. The zero-order valence-electron chi connectivity index (χ0n) is 7.80. The molecule has 0 heterocycles. The largest absolute Gasteiger partial charge is 0.377 e. The Kier molecular flexibility index (Phi) is 5.53. The molecule has 0 rings (SSSR count). The van der Waals surface area contributed by atoms with Gasteiger partial charge in [0.25, 0.3) is 0 Å². The summed E-state index contributed by atoms with van der Waals surface area (Å²) in [5.74, 6) is 0. The lowest BCUT2D eigenvalue weighted by Gasteiger charge is -2.18. The maximum Gasteiger partial charge on any atom is 0.0449 e. The molecule has 11 heavy (non-hydrogen) atoms. The predicted octanol–water partition coefficient (Wildman–Crippen LogP) is 2.28. The molecule has 0 aliphatic rings. The summed E-state index contributed by atoms with van der Waals surface area (Å²) in [6.45, 7) is 8.75. The highest BCUT2D eigenvalue weighted by molar-refractivity contribution is 5.26. The molecular formula is C9H18N2. The molecule has 0 aromatic carbocycles. The fraction of sp³-hybridized carbons (Fsp3) is 0.667. The Morgan fingerprint density at radius 1 is 1.64 bits per heavy atom. The minimum absolute atomic E-state index is 1.11. The molecule has 2 heteroatoms. The normalized spacial score (nSPS) is 11.4. The number of hydrogen-bond donors (Lipinski definition) is 0. The zero-order chi connectivity index (χ0) is 8.69. The zero-order valence-corrected chi connectivity index (χ0v) is 7.80. The van der Waals surface area contributed by atoms with Gasteiger partial charge < -0.3 is 4.90 Å². The van der Waals surface area contributed by atoms with Crippen molar-refractivity contribution in [1.82, 2.24) is 4.90 Å². The van der Waals surface area contributed by atoms with Gasteiger partial charge in [-0.05, 0) is 20.1 Å². The van der Waals surface area contributed by atoms with Gasteiger partial charge in [0.05, 0.1) is 0 Å². The van der Waals surface area contributed by atoms with Crippen LogP contribution in [0.1, 0.15) is 26.7 Å². The van der Waals surface area contributed by atoms with E-state index in [1.165, 1.54) is 18.5 Å². The van der Waals surface area contributed by atoms with Crippen molar-refractivity contribution < 1.29 is 0 Å². The van der Waals surface area contributed by atoms with E-state index in [9.17, 15) is 0 Å². The van der Waals surface area contributed by atoms with Crippen molar-refractivity contribution in [2.75, 3.05) is 13.6 Å². The number of unbranched alkanes of at least 4 members (excludes halogenated alkanes) is 1. The van der Waals surface area contributed by atoms with Crippen LogP contribution in [0.2, 0.25) is 0 Å². The predicted molar refractivity (Wildman–Crippen MR) is 50.8 cm³/mol. The molecule has 2 nitrogen and oxygen atoms in total. The van der Waals surface area contributed by atoms with Crippen molar-refractivity contribution in [1.29, 1.82) is 0 Å². The minimum atomic E-state index is 1.11. The molecule has 0 atom stereocenters. The average Bonchev–Trinajstić information content (AvgIpc) is 2.00. The van der Waals surface area contributed by atoms with Crippen LogP contribution < -0.4 is 0 Å². The number of aliphatic imine (C=N–C) groups is 1. The Morgan fingerprint density at radius 2 is 2.27 bits per heavy atom. The summed E-state index contributed by atoms with van der Waals surface area (Å²) < 4.78 is 0. The molecule has 0 aromatic rings. The van der Waals surface area contributed by atoms with Crippen LogP contribution in [0.25, 0.3) is 0 Å². The lowest BCUT2D eigenvalue weighted by Crippen LogP contribution is -2.16. The summed E-state index contributed by atoms with van der Waals surface area (Å²) in [4.78, 5) is 5.90. The van der Waals surface area contributed by atoms with E-state index in [2.05, 4.69) is 30.6 Å². The molecule has 0 amide bonds. The first-order valence-corrected chi connectivity index (χ1v) is 4.06. The molecular weight excluding hydrogens is 136 g/mol. The number of rotatable bonds is 5. The van der Waals surface area contributed by atoms with Gasteiger partial charge in [-0.2, -0.15) is 0 Å². The number of allylic oxidation sites excluding steroid dienone is 1. The van der Waals surface area contributed by atoms with Crippen LogP contribution in [0.3, 0.4) is 0 Å². The number of hydrogen-bond acceptors (Lipinski definition) is 2. The molecule has 0 radical (unpaired) electrons. The van der Waals surface area contributed by atoms with Crippen molar-refractivity contribution in [3.05, 3.63) is 11.9 Å². The Bertz CT molecular complexity index is 138. The molecule has 0 aliphatic carbocycles. The molecule has 0 bridgehead atoms. The van der Waals surface area contributed by atoms with Gasteiger partial charge in [0.2, 0.25) is 0 Å². The topological polar surface area (TPSA) is 15.6 Å². The Labute approximate surface area is 69.6 Å². The van der Waals surface area contributed by atoms with Crippen LogP contribution in [0.15, 0.2) is 16.9 Å². The third kappa shape index (κ3) is 4.59. The molecule has 0 saturated carbocycles. The van der Waals surface area contributed by atoms with E-state index in [1.54, 1.807) is 6.20 Å². The summed E-state index contributed by atoms with van der Waals surface area (Å²) in [6, 6.07) is 0. The van der Waals surface area contributed by atoms with Gasteiger partial charge in [-0.1, -0.05) is 13.3 Å². The van der Waals surface area contributed by atoms with Gasteiger partial charge in [-0.15, -0.1) is 0 Å². The molecule has 0 saturated heterocycles. The van der Waals surface area contributed by atoms with Crippen LogP contribution in [0, 0.1) is 0 Å². The van der Waals surface area contributed by atoms with Crippen LogP contribution in [-0.4, -0.2) is 25.2 Å². The molecule has 0 unspecified atom stereocenters. The maximum atomic E-state index is 3.71. The van der Waals surface area contributed by atoms with Gasteiger partial charge in [0.1, 0.15) is 0 Å². The van der Waals surface area contributed by atoms with Crippen LogP contribution in [0.4, 0.5) is 0 Å². The van der Waals surface area contributed by atoms with Gasteiger partial charge in [0, 0.05) is 25.5 Å². The van der Waals surface area contributed by atoms with E-state index in [-0.39, 0.29) is 0 Å². The van der Waals surface area contributed by atoms with Gasteiger partial charge >= 0.3 is 0 Å². The van der Waals surface area contributed by atoms with E-state index in [0.29, 0.717) is 0 Å². The standard InChI is InChI=1S/C9H18N2/c1-5-6-7-11(4)9(2)8-10-3/h8H,3,5-7H2,1-2,4H3/b9-8+. The second kappa shape index (κ2) is 5.96. The van der Waals surface area contributed by atoms with Crippen molar-refractivity contribution in [2.24, 2.45) is 4.99 Å². The van der Waals surface area contributed by atoms with Crippen molar-refractivity contribution in [3.63, 3.8) is 0 Å². The second-order valence-electron chi connectivity index (χ2n) is 2.73. The summed E-state index contributed by atoms with van der Waals surface area (Å²) in [7, 11) is 2.08. The SMILES string of the molecule is C=N/C=C(\C)N(C)CCCC. The highest BCUT2D eigenvalue weighted by Gasteiger charge is 1.95. The van der Waals surface area contributed by atoms with E-state index in [1.807, 2.05) is 6.92 Å². The highest BCUT2D eigenvalue weighted by atomic mass is 15.1. The van der Waals surface area contributed by atoms with Crippen molar-refractivity contribution in [3.8, 4) is 0 Å². The third-order valence-corrected chi connectivity index (χ3v) is 1.73. The summed E-state index contributed by atoms with van der Waals surface area (Å²) in [5, 5.41) is 0. The molecule has 0 spiro atoms. The third-order valence-electron chi connectivity index (χ3n) is 1.73. The van der Waals surface area contributed by atoms with Crippen molar-refractivity contribution >= 4 is 6.72 Å². The first-order valence-electron chi connectivity index (χ1n) is 4.06. The van der Waals surface area contributed by atoms with Crippen LogP contribution >= 0.6 is 0 Å². The molecule has 64 valence electrons. The fourth-order valence-electron chi connectivity index (χ4n) is 0.802. The van der Waals surface area contributed by atoms with E-state index in [0.717, 1.165) is 6.54 Å². The Balaban J connectivity index is 3.72. The lowest BCUT2D eigenvalue weighted by molar-refractivity contribution is 0.406. The smallest absolute Gasteiger partial charge is 0.0449 e. The first-order chi connectivity index (χ1) is 5.22. The van der Waals surface area contributed by atoms with E-state index in [4.69, 9.17) is 0 Å². The number of nitrogens with zero attached hydrogens (tertiary/aromatic N) is 2. The minimum Gasteiger partial charge on any atom is -0.377 e. The Hall–Kier alpha value is -0.790. The summed E-state index contributed by atoms with van der Waals surface area (Å²) in [5.41, 5.74) is 1.17.